The summed E-state index contributed by atoms with van der Waals surface area (Å²) in [5.74, 6) is -0.0738. The van der Waals surface area contributed by atoms with Crippen LogP contribution in [0.25, 0.3) is 0 Å². The van der Waals surface area contributed by atoms with E-state index in [0.29, 0.717) is 12.0 Å². The molecule has 3 heteroatoms. The van der Waals surface area contributed by atoms with Crippen molar-refractivity contribution >= 4 is 5.97 Å². The van der Waals surface area contributed by atoms with Gasteiger partial charge in [-0.3, -0.25) is 4.79 Å². The van der Waals surface area contributed by atoms with Gasteiger partial charge in [-0.1, -0.05) is 20.8 Å². The Morgan fingerprint density at radius 1 is 1.18 bits per heavy atom. The highest BCUT2D eigenvalue weighted by atomic mass is 16.4. The fourth-order valence-electron chi connectivity index (χ4n) is 3.59. The largest absolute Gasteiger partial charge is 0.481 e. The molecule has 1 saturated carbocycles. The van der Waals surface area contributed by atoms with Gasteiger partial charge in [0.2, 0.25) is 0 Å². The Labute approximate surface area is 105 Å². The van der Waals surface area contributed by atoms with E-state index >= 15 is 0 Å². The maximum atomic E-state index is 11.0. The van der Waals surface area contributed by atoms with Crippen molar-refractivity contribution in [1.82, 2.24) is 4.90 Å². The highest BCUT2D eigenvalue weighted by molar-refractivity contribution is 5.69. The molecule has 100 valence electrons. The number of carboxylic acids is 1. The highest BCUT2D eigenvalue weighted by Gasteiger charge is 2.37. The lowest BCUT2D eigenvalue weighted by molar-refractivity contribution is -0.143. The highest BCUT2D eigenvalue weighted by Crippen LogP contribution is 2.38. The summed E-state index contributed by atoms with van der Waals surface area (Å²) in [5.41, 5.74) is 0.254. The molecule has 1 rings (SSSR count). The van der Waals surface area contributed by atoms with Crippen molar-refractivity contribution in [3.63, 3.8) is 0 Å². The fourth-order valence-corrected chi connectivity index (χ4v) is 3.59. The van der Waals surface area contributed by atoms with Crippen LogP contribution in [0.15, 0.2) is 0 Å². The molecule has 1 aliphatic rings. The first-order valence-electron chi connectivity index (χ1n) is 6.62. The van der Waals surface area contributed by atoms with Crippen molar-refractivity contribution in [3.05, 3.63) is 0 Å². The predicted molar refractivity (Wildman–Crippen MR) is 70.0 cm³/mol. The number of hydrogen-bond acceptors (Lipinski definition) is 2. The van der Waals surface area contributed by atoms with E-state index in [1.165, 1.54) is 0 Å². The van der Waals surface area contributed by atoms with Gasteiger partial charge in [-0.05, 0) is 51.1 Å². The summed E-state index contributed by atoms with van der Waals surface area (Å²) in [6.07, 6.45) is 3.80. The minimum Gasteiger partial charge on any atom is -0.481 e. The molecule has 0 aliphatic heterocycles. The molecule has 0 aromatic rings. The molecule has 1 aliphatic carbocycles. The van der Waals surface area contributed by atoms with Crippen LogP contribution in [0, 0.1) is 17.3 Å². The number of nitrogens with zero attached hydrogens (tertiary/aromatic N) is 1. The summed E-state index contributed by atoms with van der Waals surface area (Å²) in [6, 6.07) is 0.539. The van der Waals surface area contributed by atoms with E-state index in [1.54, 1.807) is 0 Å². The molecule has 0 saturated heterocycles. The number of hydrogen-bond donors (Lipinski definition) is 1. The normalized spacial score (nSPS) is 28.1. The van der Waals surface area contributed by atoms with Crippen LogP contribution in [-0.4, -0.2) is 36.1 Å². The molecule has 0 heterocycles. The topological polar surface area (TPSA) is 40.5 Å². The second-order valence-electron chi connectivity index (χ2n) is 6.72. The van der Waals surface area contributed by atoms with Crippen molar-refractivity contribution in [1.29, 1.82) is 0 Å². The van der Waals surface area contributed by atoms with Crippen molar-refractivity contribution in [2.45, 2.75) is 52.5 Å². The van der Waals surface area contributed by atoms with Gasteiger partial charge >= 0.3 is 5.97 Å². The van der Waals surface area contributed by atoms with Crippen LogP contribution in [-0.2, 0) is 4.79 Å². The van der Waals surface area contributed by atoms with Gasteiger partial charge in [0.25, 0.3) is 0 Å². The van der Waals surface area contributed by atoms with Gasteiger partial charge in [0.1, 0.15) is 0 Å². The molecule has 1 unspecified atom stereocenters. The maximum absolute atomic E-state index is 11.0. The molecule has 0 radical (unpaired) electrons. The Balaban J connectivity index is 2.65. The van der Waals surface area contributed by atoms with Gasteiger partial charge < -0.3 is 10.0 Å². The van der Waals surface area contributed by atoms with Crippen molar-refractivity contribution in [3.8, 4) is 0 Å². The summed E-state index contributed by atoms with van der Waals surface area (Å²) < 4.78 is 0. The van der Waals surface area contributed by atoms with Crippen LogP contribution in [0.3, 0.4) is 0 Å². The van der Waals surface area contributed by atoms with Gasteiger partial charge in [-0.15, -0.1) is 0 Å². The van der Waals surface area contributed by atoms with Crippen LogP contribution in [0.2, 0.25) is 0 Å². The molecular formula is C14H27NO2. The summed E-state index contributed by atoms with van der Waals surface area (Å²) in [7, 11) is 4.28. The molecule has 1 fully saturated rings. The average Bonchev–Trinajstić information content (AvgIpc) is 2.15. The fraction of sp³-hybridized carbons (Fsp3) is 0.929. The maximum Gasteiger partial charge on any atom is 0.306 e. The Hall–Kier alpha value is -0.570. The number of carbonyl (C=O) groups is 1. The molecule has 0 amide bonds. The number of carboxylic acid groups (broad SMARTS) is 1. The Morgan fingerprint density at radius 2 is 1.65 bits per heavy atom. The number of aliphatic carboxylic acids is 1. The van der Waals surface area contributed by atoms with Crippen molar-refractivity contribution < 1.29 is 9.90 Å². The van der Waals surface area contributed by atoms with Crippen molar-refractivity contribution in [2.24, 2.45) is 17.3 Å². The van der Waals surface area contributed by atoms with E-state index in [-0.39, 0.29) is 11.3 Å². The van der Waals surface area contributed by atoms with Gasteiger partial charge in [0.15, 0.2) is 0 Å². The third kappa shape index (κ3) is 3.70. The zero-order chi connectivity index (χ0) is 13.2. The van der Waals surface area contributed by atoms with Crippen LogP contribution in [0.4, 0.5) is 0 Å². The SMILES string of the molecule is CN(C)C(C1CCC(C(=O)O)CC1)C(C)(C)C. The van der Waals surface area contributed by atoms with Crippen molar-refractivity contribution in [2.75, 3.05) is 14.1 Å². The van der Waals surface area contributed by atoms with Gasteiger partial charge in [-0.25, -0.2) is 0 Å². The molecule has 0 aromatic carbocycles. The summed E-state index contributed by atoms with van der Waals surface area (Å²) in [5, 5.41) is 9.02. The first-order valence-corrected chi connectivity index (χ1v) is 6.62. The second kappa shape index (κ2) is 5.38. The summed E-state index contributed by atoms with van der Waals surface area (Å²) in [4.78, 5) is 13.3. The van der Waals surface area contributed by atoms with Crippen LogP contribution < -0.4 is 0 Å². The minimum absolute atomic E-state index is 0.103. The Morgan fingerprint density at radius 3 is 1.94 bits per heavy atom. The van der Waals surface area contributed by atoms with E-state index in [0.717, 1.165) is 25.7 Å². The quantitative estimate of drug-likeness (QED) is 0.826. The molecule has 1 atom stereocenters. The van der Waals surface area contributed by atoms with E-state index in [2.05, 4.69) is 39.8 Å². The summed E-state index contributed by atoms with van der Waals surface area (Å²) >= 11 is 0. The third-order valence-corrected chi connectivity index (χ3v) is 4.01. The van der Waals surface area contributed by atoms with Gasteiger partial charge in [-0.2, -0.15) is 0 Å². The van der Waals surface area contributed by atoms with Gasteiger partial charge in [0, 0.05) is 6.04 Å². The standard InChI is InChI=1S/C14H27NO2/c1-14(2,3)12(15(4)5)10-6-8-11(9-7-10)13(16)17/h10-12H,6-9H2,1-5H3,(H,16,17). The molecular weight excluding hydrogens is 214 g/mol. The lowest BCUT2D eigenvalue weighted by Gasteiger charge is -2.44. The number of rotatable bonds is 3. The predicted octanol–water partition coefficient (Wildman–Crippen LogP) is 2.85. The second-order valence-corrected chi connectivity index (χ2v) is 6.72. The summed E-state index contributed by atoms with van der Waals surface area (Å²) in [6.45, 7) is 6.84. The molecule has 1 N–H and O–H groups in total. The average molecular weight is 241 g/mol. The first-order chi connectivity index (χ1) is 7.73. The van der Waals surface area contributed by atoms with Crippen LogP contribution in [0.5, 0.6) is 0 Å². The lowest BCUT2D eigenvalue weighted by atomic mass is 9.70. The van der Waals surface area contributed by atoms with Crippen LogP contribution >= 0.6 is 0 Å². The zero-order valence-electron chi connectivity index (χ0n) is 11.9. The van der Waals surface area contributed by atoms with E-state index in [4.69, 9.17) is 5.11 Å². The monoisotopic (exact) mass is 241 g/mol. The molecule has 0 aromatic heterocycles. The first kappa shape index (κ1) is 14.5. The molecule has 0 spiro atoms. The van der Waals surface area contributed by atoms with E-state index in [1.807, 2.05) is 0 Å². The zero-order valence-corrected chi connectivity index (χ0v) is 11.9. The smallest absolute Gasteiger partial charge is 0.306 e. The van der Waals surface area contributed by atoms with E-state index < -0.39 is 5.97 Å². The van der Waals surface area contributed by atoms with E-state index in [9.17, 15) is 4.79 Å². The Bertz CT molecular complexity index is 260. The molecule has 17 heavy (non-hydrogen) atoms. The third-order valence-electron chi connectivity index (χ3n) is 4.01. The molecule has 3 nitrogen and oxygen atoms in total. The van der Waals surface area contributed by atoms with Crippen LogP contribution in [0.1, 0.15) is 46.5 Å². The van der Waals surface area contributed by atoms with Gasteiger partial charge in [0.05, 0.1) is 5.92 Å². The molecule has 0 bridgehead atoms. The minimum atomic E-state index is -0.611. The Kier molecular flexibility index (Phi) is 4.59. The lowest BCUT2D eigenvalue weighted by Crippen LogP contribution is -2.46.